The van der Waals surface area contributed by atoms with E-state index in [1.165, 1.54) is 5.56 Å². The number of likely N-dealkylation sites (tertiary alicyclic amines) is 1. The van der Waals surface area contributed by atoms with Gasteiger partial charge in [-0.3, -0.25) is 9.69 Å². The lowest BCUT2D eigenvalue weighted by molar-refractivity contribution is -0.117. The van der Waals surface area contributed by atoms with Gasteiger partial charge in [-0.15, -0.1) is 0 Å². The van der Waals surface area contributed by atoms with Crippen LogP contribution < -0.4 is 5.32 Å². The SMILES string of the molecule is O=C(C=Cc1c[nH]c2ncccc12)NC1CCN(Cc2ccccc2)C1. The molecule has 1 unspecified atom stereocenters. The van der Waals surface area contributed by atoms with Crippen LogP contribution in [0.3, 0.4) is 0 Å². The molecule has 3 aromatic rings. The van der Waals surface area contributed by atoms with Crippen LogP contribution in [-0.2, 0) is 11.3 Å². The van der Waals surface area contributed by atoms with Crippen LogP contribution in [0.25, 0.3) is 17.1 Å². The van der Waals surface area contributed by atoms with Crippen molar-refractivity contribution >= 4 is 23.0 Å². The number of pyridine rings is 1. The number of fused-ring (bicyclic) bond motifs is 1. The Kier molecular flexibility index (Phi) is 4.80. The molecule has 1 aliphatic heterocycles. The topological polar surface area (TPSA) is 61.0 Å². The van der Waals surface area contributed by atoms with Crippen molar-refractivity contribution in [3.8, 4) is 0 Å². The van der Waals surface area contributed by atoms with Crippen molar-refractivity contribution in [2.45, 2.75) is 19.0 Å². The molecule has 1 fully saturated rings. The highest BCUT2D eigenvalue weighted by Crippen LogP contribution is 2.17. The van der Waals surface area contributed by atoms with Gasteiger partial charge in [-0.2, -0.15) is 0 Å². The number of carbonyl (C=O) groups excluding carboxylic acids is 1. The van der Waals surface area contributed by atoms with Crippen molar-refractivity contribution in [3.63, 3.8) is 0 Å². The zero-order chi connectivity index (χ0) is 17.8. The van der Waals surface area contributed by atoms with Crippen LogP contribution in [0.4, 0.5) is 0 Å². The number of nitrogens with one attached hydrogen (secondary N) is 2. The number of amides is 1. The standard InChI is InChI=1S/C21H22N4O/c26-20(9-8-17-13-23-21-19(17)7-4-11-22-21)24-18-10-12-25(15-18)14-16-5-2-1-3-6-16/h1-9,11,13,18H,10,12,14-15H2,(H,22,23)(H,24,26). The first kappa shape index (κ1) is 16.5. The lowest BCUT2D eigenvalue weighted by atomic mass is 10.2. The maximum atomic E-state index is 12.3. The Bertz CT molecular complexity index is 916. The molecule has 0 saturated carbocycles. The number of hydrogen-bond donors (Lipinski definition) is 2. The van der Waals surface area contributed by atoms with Crippen molar-refractivity contribution in [2.24, 2.45) is 0 Å². The fourth-order valence-electron chi connectivity index (χ4n) is 3.47. The van der Waals surface area contributed by atoms with E-state index in [0.29, 0.717) is 0 Å². The van der Waals surface area contributed by atoms with Crippen LogP contribution in [0.5, 0.6) is 0 Å². The fraction of sp³-hybridized carbons (Fsp3) is 0.238. The molecule has 1 saturated heterocycles. The van der Waals surface area contributed by atoms with Gasteiger partial charge in [0, 0.05) is 55.1 Å². The summed E-state index contributed by atoms with van der Waals surface area (Å²) in [5, 5.41) is 4.13. The molecule has 26 heavy (non-hydrogen) atoms. The minimum atomic E-state index is -0.0465. The van der Waals surface area contributed by atoms with Gasteiger partial charge in [0.05, 0.1) is 0 Å². The Labute approximate surface area is 152 Å². The minimum absolute atomic E-state index is 0.0465. The van der Waals surface area contributed by atoms with Crippen molar-refractivity contribution < 1.29 is 4.79 Å². The molecule has 1 amide bonds. The average molecular weight is 346 g/mol. The smallest absolute Gasteiger partial charge is 0.244 e. The van der Waals surface area contributed by atoms with Crippen LogP contribution in [0.2, 0.25) is 0 Å². The van der Waals surface area contributed by atoms with Crippen molar-refractivity contribution in [1.82, 2.24) is 20.2 Å². The summed E-state index contributed by atoms with van der Waals surface area (Å²) >= 11 is 0. The molecular weight excluding hydrogens is 324 g/mol. The zero-order valence-electron chi connectivity index (χ0n) is 14.6. The number of hydrogen-bond acceptors (Lipinski definition) is 3. The van der Waals surface area contributed by atoms with E-state index in [2.05, 4.69) is 44.5 Å². The Hall–Kier alpha value is -2.92. The van der Waals surface area contributed by atoms with E-state index < -0.39 is 0 Å². The van der Waals surface area contributed by atoms with E-state index in [9.17, 15) is 4.79 Å². The molecule has 2 N–H and O–H groups in total. The highest BCUT2D eigenvalue weighted by Gasteiger charge is 2.23. The summed E-state index contributed by atoms with van der Waals surface area (Å²) < 4.78 is 0. The number of carbonyl (C=O) groups is 1. The van der Waals surface area contributed by atoms with Gasteiger partial charge in [0.15, 0.2) is 0 Å². The molecule has 1 aromatic carbocycles. The van der Waals surface area contributed by atoms with Crippen molar-refractivity contribution in [1.29, 1.82) is 0 Å². The average Bonchev–Trinajstić information content (AvgIpc) is 3.28. The Morgan fingerprint density at radius 3 is 3.04 bits per heavy atom. The maximum absolute atomic E-state index is 12.3. The summed E-state index contributed by atoms with van der Waals surface area (Å²) in [4.78, 5) is 22.0. The second-order valence-electron chi connectivity index (χ2n) is 6.69. The zero-order valence-corrected chi connectivity index (χ0v) is 14.6. The molecular formula is C21H22N4O. The monoisotopic (exact) mass is 346 g/mol. The van der Waals surface area contributed by atoms with Gasteiger partial charge in [0.1, 0.15) is 5.65 Å². The van der Waals surface area contributed by atoms with Gasteiger partial charge in [-0.25, -0.2) is 4.98 Å². The lowest BCUT2D eigenvalue weighted by Crippen LogP contribution is -2.35. The first-order valence-electron chi connectivity index (χ1n) is 8.95. The lowest BCUT2D eigenvalue weighted by Gasteiger charge is -2.16. The predicted octanol–water partition coefficient (Wildman–Crippen LogP) is 2.97. The number of benzene rings is 1. The van der Waals surface area contributed by atoms with E-state index in [1.54, 1.807) is 12.3 Å². The largest absolute Gasteiger partial charge is 0.348 e. The first-order valence-corrected chi connectivity index (χ1v) is 8.95. The third kappa shape index (κ3) is 3.83. The van der Waals surface area contributed by atoms with Gasteiger partial charge in [0.2, 0.25) is 5.91 Å². The molecule has 132 valence electrons. The predicted molar refractivity (Wildman–Crippen MR) is 103 cm³/mol. The molecule has 0 spiro atoms. The second-order valence-corrected chi connectivity index (χ2v) is 6.69. The van der Waals surface area contributed by atoms with Crippen molar-refractivity contribution in [2.75, 3.05) is 13.1 Å². The van der Waals surface area contributed by atoms with Gasteiger partial charge in [-0.1, -0.05) is 30.3 Å². The number of rotatable bonds is 5. The van der Waals surface area contributed by atoms with Gasteiger partial charge in [-0.05, 0) is 30.2 Å². The number of nitrogens with zero attached hydrogens (tertiary/aromatic N) is 2. The highest BCUT2D eigenvalue weighted by molar-refractivity contribution is 5.95. The molecule has 1 aliphatic rings. The minimum Gasteiger partial charge on any atom is -0.348 e. The number of aromatic nitrogens is 2. The Morgan fingerprint density at radius 2 is 2.15 bits per heavy atom. The third-order valence-electron chi connectivity index (χ3n) is 4.77. The normalized spacial score (nSPS) is 17.9. The quantitative estimate of drug-likeness (QED) is 0.698. The maximum Gasteiger partial charge on any atom is 0.244 e. The number of aromatic amines is 1. The Balaban J connectivity index is 1.31. The van der Waals surface area contributed by atoms with E-state index >= 15 is 0 Å². The summed E-state index contributed by atoms with van der Waals surface area (Å²) in [6.45, 7) is 2.84. The van der Waals surface area contributed by atoms with E-state index in [4.69, 9.17) is 0 Å². The molecule has 0 aliphatic carbocycles. The van der Waals surface area contributed by atoms with E-state index in [1.807, 2.05) is 30.5 Å². The van der Waals surface area contributed by atoms with Crippen LogP contribution in [-0.4, -0.2) is 39.9 Å². The van der Waals surface area contributed by atoms with Gasteiger partial charge in [0.25, 0.3) is 0 Å². The molecule has 0 bridgehead atoms. The molecule has 4 rings (SSSR count). The summed E-state index contributed by atoms with van der Waals surface area (Å²) in [6.07, 6.45) is 8.06. The summed E-state index contributed by atoms with van der Waals surface area (Å²) in [5.41, 5.74) is 3.12. The van der Waals surface area contributed by atoms with Crippen molar-refractivity contribution in [3.05, 3.63) is 72.1 Å². The summed E-state index contributed by atoms with van der Waals surface area (Å²) in [7, 11) is 0. The Morgan fingerprint density at radius 1 is 1.27 bits per heavy atom. The highest BCUT2D eigenvalue weighted by atomic mass is 16.1. The molecule has 2 aromatic heterocycles. The molecule has 5 heteroatoms. The summed E-state index contributed by atoms with van der Waals surface area (Å²) in [5.74, 6) is -0.0465. The number of H-pyrrole nitrogens is 1. The third-order valence-corrected chi connectivity index (χ3v) is 4.77. The van der Waals surface area contributed by atoms with Crippen LogP contribution >= 0.6 is 0 Å². The van der Waals surface area contributed by atoms with Gasteiger partial charge >= 0.3 is 0 Å². The van der Waals surface area contributed by atoms with Crippen LogP contribution in [0.15, 0.2) is 60.9 Å². The van der Waals surface area contributed by atoms with E-state index in [0.717, 1.165) is 42.7 Å². The first-order chi connectivity index (χ1) is 12.8. The second kappa shape index (κ2) is 7.54. The van der Waals surface area contributed by atoms with Gasteiger partial charge < -0.3 is 10.3 Å². The fourth-order valence-corrected chi connectivity index (χ4v) is 3.47. The van der Waals surface area contributed by atoms with E-state index in [-0.39, 0.29) is 11.9 Å². The molecule has 1 atom stereocenters. The molecule has 3 heterocycles. The summed E-state index contributed by atoms with van der Waals surface area (Å²) in [6, 6.07) is 14.6. The molecule has 0 radical (unpaired) electrons. The van der Waals surface area contributed by atoms with Crippen LogP contribution in [0.1, 0.15) is 17.5 Å². The van der Waals surface area contributed by atoms with Crippen LogP contribution in [0, 0.1) is 0 Å². The molecule has 5 nitrogen and oxygen atoms in total.